The largest absolute Gasteiger partial charge is 0.326 e. The second-order valence-corrected chi connectivity index (χ2v) is 5.20. The van der Waals surface area contributed by atoms with Crippen molar-refractivity contribution >= 4 is 5.84 Å². The van der Waals surface area contributed by atoms with Crippen LogP contribution in [-0.4, -0.2) is 21.8 Å². The second kappa shape index (κ2) is 6.85. The van der Waals surface area contributed by atoms with Gasteiger partial charge in [-0.15, -0.1) is 0 Å². The van der Waals surface area contributed by atoms with Crippen molar-refractivity contribution in [2.24, 2.45) is 4.99 Å². The van der Waals surface area contributed by atoms with Crippen molar-refractivity contribution < 1.29 is 0 Å². The fraction of sp³-hybridized carbons (Fsp3) is 0.158. The number of benzene rings is 1. The van der Waals surface area contributed by atoms with Crippen LogP contribution in [0.4, 0.5) is 0 Å². The van der Waals surface area contributed by atoms with Gasteiger partial charge in [0.05, 0.1) is 18.3 Å². The van der Waals surface area contributed by atoms with Gasteiger partial charge in [0.1, 0.15) is 5.84 Å². The fourth-order valence-corrected chi connectivity index (χ4v) is 2.42. The SMILES string of the molecule is CC1C=CC=CN1/C(=N\Cc1ccccn1)c1ccccc1. The van der Waals surface area contributed by atoms with E-state index in [9.17, 15) is 0 Å². The maximum Gasteiger partial charge on any atom is 0.135 e. The molecule has 0 radical (unpaired) electrons. The normalized spacial score (nSPS) is 17.8. The summed E-state index contributed by atoms with van der Waals surface area (Å²) in [6, 6.07) is 16.5. The summed E-state index contributed by atoms with van der Waals surface area (Å²) in [4.78, 5) is 11.4. The van der Waals surface area contributed by atoms with Crippen molar-refractivity contribution in [1.82, 2.24) is 9.88 Å². The Balaban J connectivity index is 1.93. The monoisotopic (exact) mass is 289 g/mol. The molecule has 0 bridgehead atoms. The molecule has 1 aliphatic heterocycles. The number of nitrogens with zero attached hydrogens (tertiary/aromatic N) is 3. The van der Waals surface area contributed by atoms with Gasteiger partial charge in [-0.25, -0.2) is 0 Å². The average molecular weight is 289 g/mol. The summed E-state index contributed by atoms with van der Waals surface area (Å²) in [6.45, 7) is 2.74. The zero-order valence-electron chi connectivity index (χ0n) is 12.6. The highest BCUT2D eigenvalue weighted by atomic mass is 15.2. The molecule has 1 aromatic heterocycles. The molecule has 22 heavy (non-hydrogen) atoms. The Bertz CT molecular complexity index is 687. The smallest absolute Gasteiger partial charge is 0.135 e. The minimum atomic E-state index is 0.285. The van der Waals surface area contributed by atoms with Crippen molar-refractivity contribution in [3.63, 3.8) is 0 Å². The molecule has 1 unspecified atom stereocenters. The molecular formula is C19H19N3. The Labute approximate surface area is 131 Å². The molecule has 3 heteroatoms. The highest BCUT2D eigenvalue weighted by molar-refractivity contribution is 5.99. The summed E-state index contributed by atoms with van der Waals surface area (Å²) >= 11 is 0. The number of amidine groups is 1. The quantitative estimate of drug-likeness (QED) is 0.635. The van der Waals surface area contributed by atoms with E-state index in [0.29, 0.717) is 6.54 Å². The standard InChI is InChI=1S/C19H19N3/c1-16-9-6-8-14-22(16)19(17-10-3-2-4-11-17)21-15-18-12-5-7-13-20-18/h2-14,16H,15H2,1H3/b21-19-. The van der Waals surface area contributed by atoms with E-state index in [2.05, 4.69) is 47.3 Å². The Morgan fingerprint density at radius 1 is 1.09 bits per heavy atom. The summed E-state index contributed by atoms with van der Waals surface area (Å²) in [5.74, 6) is 0.972. The van der Waals surface area contributed by atoms with Gasteiger partial charge in [0.15, 0.2) is 0 Å². The number of hydrogen-bond donors (Lipinski definition) is 0. The maximum atomic E-state index is 4.83. The van der Waals surface area contributed by atoms with Crippen molar-refractivity contribution in [2.45, 2.75) is 19.5 Å². The van der Waals surface area contributed by atoms with Crippen molar-refractivity contribution in [1.29, 1.82) is 0 Å². The Hall–Kier alpha value is -2.68. The minimum absolute atomic E-state index is 0.285. The van der Waals surface area contributed by atoms with E-state index in [1.54, 1.807) is 6.20 Å². The highest BCUT2D eigenvalue weighted by Gasteiger charge is 2.17. The molecule has 0 N–H and O–H groups in total. The highest BCUT2D eigenvalue weighted by Crippen LogP contribution is 2.15. The molecule has 2 aromatic rings. The molecule has 2 heterocycles. The van der Waals surface area contributed by atoms with Gasteiger partial charge in [0, 0.05) is 18.0 Å². The van der Waals surface area contributed by atoms with Crippen LogP contribution in [0.25, 0.3) is 0 Å². The predicted octanol–water partition coefficient (Wildman–Crippen LogP) is 3.80. The Kier molecular flexibility index (Phi) is 4.44. The van der Waals surface area contributed by atoms with Crippen molar-refractivity contribution in [2.75, 3.05) is 0 Å². The average Bonchev–Trinajstić information content (AvgIpc) is 2.58. The van der Waals surface area contributed by atoms with Crippen LogP contribution in [0.3, 0.4) is 0 Å². The molecule has 0 aliphatic carbocycles. The number of aromatic nitrogens is 1. The van der Waals surface area contributed by atoms with Crippen LogP contribution in [0.5, 0.6) is 0 Å². The lowest BCUT2D eigenvalue weighted by Gasteiger charge is -2.29. The fourth-order valence-electron chi connectivity index (χ4n) is 2.42. The minimum Gasteiger partial charge on any atom is -0.326 e. The first-order chi connectivity index (χ1) is 10.8. The molecule has 3 nitrogen and oxygen atoms in total. The lowest BCUT2D eigenvalue weighted by atomic mass is 10.1. The number of pyridine rings is 1. The van der Waals surface area contributed by atoms with Gasteiger partial charge in [-0.2, -0.15) is 0 Å². The molecule has 0 saturated carbocycles. The third kappa shape index (κ3) is 3.31. The van der Waals surface area contributed by atoms with Crippen LogP contribution in [0, 0.1) is 0 Å². The third-order valence-electron chi connectivity index (χ3n) is 3.58. The third-order valence-corrected chi connectivity index (χ3v) is 3.58. The summed E-state index contributed by atoms with van der Waals surface area (Å²) < 4.78 is 0. The van der Waals surface area contributed by atoms with E-state index in [0.717, 1.165) is 17.1 Å². The van der Waals surface area contributed by atoms with Gasteiger partial charge in [0.2, 0.25) is 0 Å². The Morgan fingerprint density at radius 3 is 2.64 bits per heavy atom. The van der Waals surface area contributed by atoms with Gasteiger partial charge in [-0.1, -0.05) is 48.6 Å². The number of rotatable bonds is 3. The van der Waals surface area contributed by atoms with Gasteiger partial charge >= 0.3 is 0 Å². The van der Waals surface area contributed by atoms with Crippen LogP contribution >= 0.6 is 0 Å². The lowest BCUT2D eigenvalue weighted by molar-refractivity contribution is 0.490. The zero-order chi connectivity index (χ0) is 15.2. The van der Waals surface area contributed by atoms with E-state index in [-0.39, 0.29) is 6.04 Å². The summed E-state index contributed by atoms with van der Waals surface area (Å²) in [5.41, 5.74) is 2.09. The first kappa shape index (κ1) is 14.3. The van der Waals surface area contributed by atoms with Gasteiger partial charge < -0.3 is 4.90 Å². The predicted molar refractivity (Wildman–Crippen MR) is 90.5 cm³/mol. The molecule has 1 aliphatic rings. The number of hydrogen-bond acceptors (Lipinski definition) is 2. The summed E-state index contributed by atoms with van der Waals surface area (Å²) in [6.07, 6.45) is 10.2. The number of aliphatic imine (C=N–C) groups is 1. The maximum absolute atomic E-state index is 4.83. The number of allylic oxidation sites excluding steroid dienone is 2. The van der Waals surface area contributed by atoms with Gasteiger partial charge in [0.25, 0.3) is 0 Å². The van der Waals surface area contributed by atoms with E-state index in [4.69, 9.17) is 4.99 Å². The van der Waals surface area contributed by atoms with E-state index in [1.807, 2.05) is 42.5 Å². The van der Waals surface area contributed by atoms with Crippen molar-refractivity contribution in [3.8, 4) is 0 Å². The van der Waals surface area contributed by atoms with Crippen LogP contribution < -0.4 is 0 Å². The zero-order valence-corrected chi connectivity index (χ0v) is 12.6. The lowest BCUT2D eigenvalue weighted by Crippen LogP contribution is -2.34. The first-order valence-corrected chi connectivity index (χ1v) is 7.48. The van der Waals surface area contributed by atoms with E-state index >= 15 is 0 Å². The summed E-state index contributed by atoms with van der Waals surface area (Å²) in [5, 5.41) is 0. The molecule has 110 valence electrons. The molecule has 0 spiro atoms. The van der Waals surface area contributed by atoms with E-state index in [1.165, 1.54) is 0 Å². The molecule has 1 atom stereocenters. The summed E-state index contributed by atoms with van der Waals surface area (Å²) in [7, 11) is 0. The van der Waals surface area contributed by atoms with Crippen LogP contribution in [0.2, 0.25) is 0 Å². The molecule has 0 amide bonds. The van der Waals surface area contributed by atoms with Crippen LogP contribution in [0.15, 0.2) is 84.1 Å². The van der Waals surface area contributed by atoms with E-state index < -0.39 is 0 Å². The van der Waals surface area contributed by atoms with Crippen molar-refractivity contribution in [3.05, 3.63) is 90.4 Å². The molecule has 0 fully saturated rings. The Morgan fingerprint density at radius 2 is 1.91 bits per heavy atom. The molecule has 3 rings (SSSR count). The van der Waals surface area contributed by atoms with Gasteiger partial charge in [-0.3, -0.25) is 9.98 Å². The molecule has 0 saturated heterocycles. The van der Waals surface area contributed by atoms with Crippen LogP contribution in [-0.2, 0) is 6.54 Å². The van der Waals surface area contributed by atoms with Crippen LogP contribution in [0.1, 0.15) is 18.2 Å². The topological polar surface area (TPSA) is 28.5 Å². The first-order valence-electron chi connectivity index (χ1n) is 7.48. The van der Waals surface area contributed by atoms with Gasteiger partial charge in [-0.05, 0) is 25.1 Å². The molecular weight excluding hydrogens is 270 g/mol. The molecule has 1 aromatic carbocycles. The second-order valence-electron chi connectivity index (χ2n) is 5.20.